The van der Waals surface area contributed by atoms with Gasteiger partial charge in [0, 0.05) is 23.6 Å². The zero-order chi connectivity index (χ0) is 13.8. The van der Waals surface area contributed by atoms with Gasteiger partial charge in [0.25, 0.3) is 0 Å². The number of rotatable bonds is 4. The summed E-state index contributed by atoms with van der Waals surface area (Å²) in [5.41, 5.74) is 0. The summed E-state index contributed by atoms with van der Waals surface area (Å²) in [6.07, 6.45) is 4.06. The second-order valence-electron chi connectivity index (χ2n) is 5.79. The van der Waals surface area contributed by atoms with Crippen LogP contribution >= 0.6 is 15.9 Å². The molecule has 0 aliphatic carbocycles. The van der Waals surface area contributed by atoms with Crippen LogP contribution in [0.25, 0.3) is 0 Å². The van der Waals surface area contributed by atoms with Crippen LogP contribution in [0.3, 0.4) is 0 Å². The summed E-state index contributed by atoms with van der Waals surface area (Å²) >= 11 is 3.44. The Morgan fingerprint density at radius 3 is 2.75 bits per heavy atom. The predicted octanol–water partition coefficient (Wildman–Crippen LogP) is 3.00. The molecule has 1 atom stereocenters. The minimum absolute atomic E-state index is 0.786. The molecular weight excluding hydrogens is 316 g/mol. The van der Waals surface area contributed by atoms with Gasteiger partial charge in [-0.3, -0.25) is 9.80 Å². The first-order chi connectivity index (χ1) is 9.81. The molecule has 0 N–H and O–H groups in total. The fourth-order valence-electron chi connectivity index (χ4n) is 3.31. The molecule has 20 heavy (non-hydrogen) atoms. The van der Waals surface area contributed by atoms with Gasteiger partial charge in [0.1, 0.15) is 12.4 Å². The third kappa shape index (κ3) is 3.74. The lowest BCUT2D eigenvalue weighted by atomic mass is 10.2. The van der Waals surface area contributed by atoms with E-state index in [1.54, 1.807) is 0 Å². The van der Waals surface area contributed by atoms with Crippen molar-refractivity contribution in [2.24, 2.45) is 0 Å². The van der Waals surface area contributed by atoms with Crippen molar-refractivity contribution in [3.63, 3.8) is 0 Å². The van der Waals surface area contributed by atoms with Crippen LogP contribution < -0.4 is 4.74 Å². The number of hydrogen-bond donors (Lipinski definition) is 0. The highest BCUT2D eigenvalue weighted by Crippen LogP contribution is 2.21. The van der Waals surface area contributed by atoms with E-state index in [1.807, 2.05) is 24.3 Å². The van der Waals surface area contributed by atoms with Crippen LogP contribution in [-0.4, -0.2) is 55.2 Å². The molecule has 1 aromatic carbocycles. The second kappa shape index (κ2) is 6.92. The lowest BCUT2D eigenvalue weighted by Gasteiger charge is -2.25. The van der Waals surface area contributed by atoms with Gasteiger partial charge in [-0.15, -0.1) is 0 Å². The van der Waals surface area contributed by atoms with Crippen LogP contribution in [0.15, 0.2) is 28.7 Å². The molecule has 2 heterocycles. The highest BCUT2D eigenvalue weighted by atomic mass is 79.9. The van der Waals surface area contributed by atoms with Crippen molar-refractivity contribution < 1.29 is 4.74 Å². The van der Waals surface area contributed by atoms with Gasteiger partial charge in [0.05, 0.1) is 0 Å². The normalized spacial score (nSPS) is 24.4. The van der Waals surface area contributed by atoms with Crippen molar-refractivity contribution in [1.29, 1.82) is 0 Å². The number of benzene rings is 1. The quantitative estimate of drug-likeness (QED) is 0.839. The highest BCUT2D eigenvalue weighted by Gasteiger charge is 2.28. The third-order valence-electron chi connectivity index (χ3n) is 4.38. The van der Waals surface area contributed by atoms with Crippen molar-refractivity contribution in [2.45, 2.75) is 25.3 Å². The molecule has 110 valence electrons. The summed E-state index contributed by atoms with van der Waals surface area (Å²) < 4.78 is 6.94. The number of nitrogens with zero attached hydrogens (tertiary/aromatic N) is 2. The lowest BCUT2D eigenvalue weighted by Crippen LogP contribution is -2.38. The number of ether oxygens (including phenoxy) is 1. The van der Waals surface area contributed by atoms with Gasteiger partial charge >= 0.3 is 0 Å². The van der Waals surface area contributed by atoms with Gasteiger partial charge in [-0.25, -0.2) is 0 Å². The van der Waals surface area contributed by atoms with Crippen LogP contribution in [0.5, 0.6) is 5.75 Å². The Kier molecular flexibility index (Phi) is 4.97. The van der Waals surface area contributed by atoms with Gasteiger partial charge < -0.3 is 4.74 Å². The molecule has 2 aliphatic rings. The molecule has 2 aliphatic heterocycles. The van der Waals surface area contributed by atoms with E-state index in [9.17, 15) is 0 Å². The first-order valence-electron chi connectivity index (χ1n) is 7.66. The van der Waals surface area contributed by atoms with E-state index in [2.05, 4.69) is 25.7 Å². The van der Waals surface area contributed by atoms with Crippen molar-refractivity contribution in [1.82, 2.24) is 9.80 Å². The summed E-state index contributed by atoms with van der Waals surface area (Å²) in [6.45, 7) is 6.87. The molecule has 2 fully saturated rings. The molecule has 1 aromatic rings. The fourth-order valence-corrected chi connectivity index (χ4v) is 3.57. The van der Waals surface area contributed by atoms with E-state index in [4.69, 9.17) is 4.74 Å². The molecule has 0 aromatic heterocycles. The van der Waals surface area contributed by atoms with Gasteiger partial charge in [0.2, 0.25) is 0 Å². The summed E-state index contributed by atoms with van der Waals surface area (Å²) in [6, 6.07) is 8.89. The zero-order valence-electron chi connectivity index (χ0n) is 11.9. The summed E-state index contributed by atoms with van der Waals surface area (Å²) in [4.78, 5) is 5.25. The van der Waals surface area contributed by atoms with Crippen LogP contribution in [-0.2, 0) is 0 Å². The molecule has 3 nitrogen and oxygen atoms in total. The first-order valence-corrected chi connectivity index (χ1v) is 8.45. The Morgan fingerprint density at radius 1 is 1.10 bits per heavy atom. The largest absolute Gasteiger partial charge is 0.492 e. The Hall–Kier alpha value is -0.580. The minimum atomic E-state index is 0.786. The smallest absolute Gasteiger partial charge is 0.119 e. The maximum Gasteiger partial charge on any atom is 0.119 e. The summed E-state index contributed by atoms with van der Waals surface area (Å²) in [7, 11) is 0. The van der Waals surface area contributed by atoms with Gasteiger partial charge in [-0.05, 0) is 63.2 Å². The average molecular weight is 339 g/mol. The molecule has 0 unspecified atom stereocenters. The van der Waals surface area contributed by atoms with Gasteiger partial charge in [-0.2, -0.15) is 0 Å². The molecule has 0 spiro atoms. The van der Waals surface area contributed by atoms with E-state index < -0.39 is 0 Å². The molecule has 0 radical (unpaired) electrons. The summed E-state index contributed by atoms with van der Waals surface area (Å²) in [5, 5.41) is 0. The SMILES string of the molecule is Brc1ccc(OCCN2CCCN3CCC[C@H]3C2)cc1. The van der Waals surface area contributed by atoms with Crippen LogP contribution in [0.4, 0.5) is 0 Å². The van der Waals surface area contributed by atoms with Crippen molar-refractivity contribution in [3.8, 4) is 5.75 Å². The Morgan fingerprint density at radius 2 is 1.90 bits per heavy atom. The number of fused-ring (bicyclic) bond motifs is 1. The van der Waals surface area contributed by atoms with Crippen LogP contribution in [0.2, 0.25) is 0 Å². The monoisotopic (exact) mass is 338 g/mol. The molecule has 0 amide bonds. The zero-order valence-corrected chi connectivity index (χ0v) is 13.5. The fraction of sp³-hybridized carbons (Fsp3) is 0.625. The van der Waals surface area contributed by atoms with Gasteiger partial charge in [-0.1, -0.05) is 15.9 Å². The third-order valence-corrected chi connectivity index (χ3v) is 4.91. The molecule has 4 heteroatoms. The van der Waals surface area contributed by atoms with E-state index in [0.29, 0.717) is 0 Å². The lowest BCUT2D eigenvalue weighted by molar-refractivity contribution is 0.188. The van der Waals surface area contributed by atoms with Crippen LogP contribution in [0, 0.1) is 0 Å². The minimum Gasteiger partial charge on any atom is -0.492 e. The standard InChI is InChI=1S/C16H23BrN2O/c17-14-4-6-16(7-5-14)20-12-11-18-8-2-10-19-9-1-3-15(19)13-18/h4-7,15H,1-3,8-13H2/t15-/m0/s1. The number of hydrogen-bond acceptors (Lipinski definition) is 3. The van der Waals surface area contributed by atoms with Crippen molar-refractivity contribution in [2.75, 3.05) is 39.3 Å². The van der Waals surface area contributed by atoms with E-state index in [-0.39, 0.29) is 0 Å². The van der Waals surface area contributed by atoms with E-state index >= 15 is 0 Å². The molecular formula is C16H23BrN2O. The molecule has 0 saturated carbocycles. The van der Waals surface area contributed by atoms with E-state index in [1.165, 1.54) is 45.4 Å². The summed E-state index contributed by atoms with van der Waals surface area (Å²) in [5.74, 6) is 0.963. The Labute approximate surface area is 130 Å². The topological polar surface area (TPSA) is 15.7 Å². The Bertz CT molecular complexity index is 423. The number of halogens is 1. The molecule has 0 bridgehead atoms. The second-order valence-corrected chi connectivity index (χ2v) is 6.70. The molecule has 3 rings (SSSR count). The first kappa shape index (κ1) is 14.4. The van der Waals surface area contributed by atoms with E-state index in [0.717, 1.165) is 29.4 Å². The van der Waals surface area contributed by atoms with Crippen molar-refractivity contribution in [3.05, 3.63) is 28.7 Å². The molecule has 2 saturated heterocycles. The van der Waals surface area contributed by atoms with Crippen LogP contribution in [0.1, 0.15) is 19.3 Å². The predicted molar refractivity (Wildman–Crippen MR) is 85.3 cm³/mol. The average Bonchev–Trinajstić information content (AvgIpc) is 2.80. The maximum atomic E-state index is 5.84. The maximum absolute atomic E-state index is 5.84. The van der Waals surface area contributed by atoms with Crippen molar-refractivity contribution >= 4 is 15.9 Å². The Balaban J connectivity index is 1.44. The highest BCUT2D eigenvalue weighted by molar-refractivity contribution is 9.10. The van der Waals surface area contributed by atoms with Gasteiger partial charge in [0.15, 0.2) is 0 Å².